The van der Waals surface area contributed by atoms with E-state index in [0.717, 1.165) is 0 Å². The minimum absolute atomic E-state index is 0.427. The fourth-order valence-electron chi connectivity index (χ4n) is 4.93. The van der Waals surface area contributed by atoms with Gasteiger partial charge in [-0.15, -0.1) is 0 Å². The molecule has 130 valence electrons. The normalized spacial score (nSPS) is 18.1. The van der Waals surface area contributed by atoms with Gasteiger partial charge in [0.25, 0.3) is 0 Å². The van der Waals surface area contributed by atoms with Gasteiger partial charge in [-0.05, 0) is 16.7 Å². The summed E-state index contributed by atoms with van der Waals surface area (Å²) < 4.78 is 0. The lowest BCUT2D eigenvalue weighted by molar-refractivity contribution is 1.12. The van der Waals surface area contributed by atoms with Crippen LogP contribution in [0.2, 0.25) is 5.54 Å². The number of allylic oxidation sites excluding steroid dienone is 5. The molecule has 3 aromatic rings. The fraction of sp³-hybridized carbons (Fsp3) is 0.0769. The van der Waals surface area contributed by atoms with Crippen LogP contribution >= 0.6 is 0 Å². The van der Waals surface area contributed by atoms with Crippen molar-refractivity contribution in [2.45, 2.75) is 11.1 Å². The van der Waals surface area contributed by atoms with Gasteiger partial charge in [0.15, 0.2) is 0 Å². The first kappa shape index (κ1) is 16.3. The average Bonchev–Trinajstić information content (AvgIpc) is 3.42. The van der Waals surface area contributed by atoms with Crippen LogP contribution in [-0.4, -0.2) is 8.07 Å². The maximum Gasteiger partial charge on any atom is 0.139 e. The standard InChI is InChI=1S/C26H22Si/c1-3-12-22(13-4-1)27(24-16-8-9-17-24,23-14-5-2-6-15-23)26-20-19-21-11-7-10-18-25(21)26/h1-20,24,26H. The monoisotopic (exact) mass is 362 g/mol. The first-order valence-electron chi connectivity index (χ1n) is 9.64. The quantitative estimate of drug-likeness (QED) is 0.567. The molecule has 1 heteroatoms. The van der Waals surface area contributed by atoms with E-state index in [1.807, 2.05) is 0 Å². The van der Waals surface area contributed by atoms with E-state index in [4.69, 9.17) is 0 Å². The Morgan fingerprint density at radius 2 is 1.11 bits per heavy atom. The van der Waals surface area contributed by atoms with Crippen molar-refractivity contribution in [2.75, 3.05) is 0 Å². The molecule has 1 unspecified atom stereocenters. The smallest absolute Gasteiger partial charge is 0.0796 e. The summed E-state index contributed by atoms with van der Waals surface area (Å²) in [5, 5.41) is 3.01. The molecule has 2 aliphatic carbocycles. The van der Waals surface area contributed by atoms with Crippen molar-refractivity contribution in [1.29, 1.82) is 0 Å². The van der Waals surface area contributed by atoms with Crippen LogP contribution in [0, 0.1) is 0 Å². The average molecular weight is 363 g/mol. The highest BCUT2D eigenvalue weighted by atomic mass is 28.3. The second kappa shape index (κ2) is 6.68. The molecule has 0 aromatic heterocycles. The van der Waals surface area contributed by atoms with Crippen molar-refractivity contribution < 1.29 is 0 Å². The molecule has 0 N–H and O–H groups in total. The Labute approximate surface area is 162 Å². The molecule has 0 bridgehead atoms. The van der Waals surface area contributed by atoms with Gasteiger partial charge < -0.3 is 0 Å². The van der Waals surface area contributed by atoms with Gasteiger partial charge in [0, 0.05) is 5.54 Å². The predicted molar refractivity (Wildman–Crippen MR) is 118 cm³/mol. The Morgan fingerprint density at radius 3 is 1.74 bits per heavy atom. The van der Waals surface area contributed by atoms with Gasteiger partial charge >= 0.3 is 0 Å². The van der Waals surface area contributed by atoms with Gasteiger partial charge in [0.2, 0.25) is 0 Å². The summed E-state index contributed by atoms with van der Waals surface area (Å²) in [6.07, 6.45) is 14.1. The predicted octanol–water partition coefficient (Wildman–Crippen LogP) is 5.10. The largest absolute Gasteiger partial charge is 0.139 e. The van der Waals surface area contributed by atoms with Crippen LogP contribution in [0.1, 0.15) is 16.7 Å². The number of hydrogen-bond donors (Lipinski definition) is 0. The van der Waals surface area contributed by atoms with E-state index in [2.05, 4.69) is 121 Å². The minimum atomic E-state index is -2.19. The zero-order valence-corrected chi connectivity index (χ0v) is 16.2. The molecule has 0 heterocycles. The summed E-state index contributed by atoms with van der Waals surface area (Å²) in [6.45, 7) is 0. The van der Waals surface area contributed by atoms with Gasteiger partial charge in [-0.25, -0.2) is 0 Å². The molecule has 1 atom stereocenters. The van der Waals surface area contributed by atoms with E-state index < -0.39 is 8.07 Å². The maximum absolute atomic E-state index is 2.47. The molecule has 0 radical (unpaired) electrons. The Kier molecular flexibility index (Phi) is 4.03. The lowest BCUT2D eigenvalue weighted by Gasteiger charge is -2.42. The third-order valence-electron chi connectivity index (χ3n) is 6.07. The molecule has 0 amide bonds. The molecule has 0 saturated carbocycles. The van der Waals surface area contributed by atoms with Crippen LogP contribution in [0.25, 0.3) is 6.08 Å². The summed E-state index contributed by atoms with van der Waals surface area (Å²) in [6, 6.07) is 31.4. The van der Waals surface area contributed by atoms with Crippen LogP contribution in [0.3, 0.4) is 0 Å². The van der Waals surface area contributed by atoms with Crippen LogP contribution < -0.4 is 10.4 Å². The van der Waals surface area contributed by atoms with E-state index in [9.17, 15) is 0 Å². The lowest BCUT2D eigenvalue weighted by Crippen LogP contribution is -2.64. The molecule has 0 spiro atoms. The van der Waals surface area contributed by atoms with E-state index >= 15 is 0 Å². The van der Waals surface area contributed by atoms with E-state index in [1.54, 1.807) is 0 Å². The van der Waals surface area contributed by atoms with Crippen molar-refractivity contribution in [2.24, 2.45) is 0 Å². The van der Waals surface area contributed by atoms with Crippen LogP contribution in [0.15, 0.2) is 115 Å². The second-order valence-corrected chi connectivity index (χ2v) is 11.5. The summed E-state index contributed by atoms with van der Waals surface area (Å²) >= 11 is 0. The fourth-order valence-corrected chi connectivity index (χ4v) is 10.6. The molecule has 27 heavy (non-hydrogen) atoms. The zero-order valence-electron chi connectivity index (χ0n) is 15.2. The van der Waals surface area contributed by atoms with Gasteiger partial charge in [-0.2, -0.15) is 0 Å². The van der Waals surface area contributed by atoms with E-state index in [-0.39, 0.29) is 0 Å². The summed E-state index contributed by atoms with van der Waals surface area (Å²) in [7, 11) is -2.19. The SMILES string of the molecule is C1=CC([Si](c2ccccc2)(c2ccccc2)C2C=Cc3ccccc32)C=C1. The molecule has 3 aromatic carbocycles. The van der Waals surface area contributed by atoms with Crippen molar-refractivity contribution in [3.05, 3.63) is 126 Å². The Bertz CT molecular complexity index is 977. The maximum atomic E-state index is 2.47. The third kappa shape index (κ3) is 2.50. The lowest BCUT2D eigenvalue weighted by atomic mass is 10.1. The highest BCUT2D eigenvalue weighted by molar-refractivity contribution is 7.05. The van der Waals surface area contributed by atoms with Gasteiger partial charge in [0.1, 0.15) is 8.07 Å². The molecule has 0 nitrogen and oxygen atoms in total. The first-order chi connectivity index (χ1) is 13.4. The van der Waals surface area contributed by atoms with Crippen molar-refractivity contribution in [1.82, 2.24) is 0 Å². The number of hydrogen-bond acceptors (Lipinski definition) is 0. The molecule has 5 rings (SSSR count). The van der Waals surface area contributed by atoms with Crippen molar-refractivity contribution in [3.8, 4) is 0 Å². The summed E-state index contributed by atoms with van der Waals surface area (Å²) in [4.78, 5) is 0. The molecule has 0 fully saturated rings. The molecular weight excluding hydrogens is 340 g/mol. The third-order valence-corrected chi connectivity index (χ3v) is 11.6. The number of fused-ring (bicyclic) bond motifs is 1. The minimum Gasteiger partial charge on any atom is -0.0796 e. The molecule has 2 aliphatic rings. The van der Waals surface area contributed by atoms with Gasteiger partial charge in [0.05, 0.1) is 0 Å². The topological polar surface area (TPSA) is 0 Å². The van der Waals surface area contributed by atoms with Crippen LogP contribution in [0.5, 0.6) is 0 Å². The van der Waals surface area contributed by atoms with Crippen LogP contribution in [-0.2, 0) is 0 Å². The highest BCUT2D eigenvalue weighted by Gasteiger charge is 2.50. The van der Waals surface area contributed by atoms with E-state index in [0.29, 0.717) is 11.1 Å². The van der Waals surface area contributed by atoms with E-state index in [1.165, 1.54) is 21.5 Å². The van der Waals surface area contributed by atoms with Gasteiger partial charge in [-0.1, -0.05) is 132 Å². The number of rotatable bonds is 4. The molecule has 0 saturated heterocycles. The van der Waals surface area contributed by atoms with Crippen LogP contribution in [0.4, 0.5) is 0 Å². The molecule has 0 aliphatic heterocycles. The summed E-state index contributed by atoms with van der Waals surface area (Å²) in [5.74, 6) is 0. The summed E-state index contributed by atoms with van der Waals surface area (Å²) in [5.41, 5.74) is 3.72. The highest BCUT2D eigenvalue weighted by Crippen LogP contribution is 2.44. The Morgan fingerprint density at radius 1 is 0.556 bits per heavy atom. The Balaban J connectivity index is 1.84. The first-order valence-corrected chi connectivity index (χ1v) is 11.8. The second-order valence-electron chi connectivity index (χ2n) is 7.36. The van der Waals surface area contributed by atoms with Crippen molar-refractivity contribution >= 4 is 24.5 Å². The Hall–Kier alpha value is -2.90. The van der Waals surface area contributed by atoms with Crippen molar-refractivity contribution in [3.63, 3.8) is 0 Å². The number of benzene rings is 3. The molecular formula is C26H22Si. The van der Waals surface area contributed by atoms with Gasteiger partial charge in [-0.3, -0.25) is 0 Å². The zero-order chi connectivity index (χ0) is 18.1.